The van der Waals surface area contributed by atoms with Crippen LogP contribution in [0.15, 0.2) is 0 Å². The molecule has 0 saturated carbocycles. The Morgan fingerprint density at radius 1 is 1.18 bits per heavy atom. The summed E-state index contributed by atoms with van der Waals surface area (Å²) in [5, 5.41) is 0.601. The topological polar surface area (TPSA) is 50.4 Å². The van der Waals surface area contributed by atoms with Gasteiger partial charge in [0.25, 0.3) is 5.91 Å². The molecule has 0 radical (unpaired) electrons. The standard InChI is InChI=1S/C12H17ClN2O2/c1-6-7(2)11(17-5)9(8(3)10(6)13)12(16)15-14-4/h14H,1-5H3,(H,15,16). The predicted molar refractivity (Wildman–Crippen MR) is 68.7 cm³/mol. The fraction of sp³-hybridized carbons (Fsp3) is 0.417. The van der Waals surface area contributed by atoms with Crippen LogP contribution >= 0.6 is 11.6 Å². The van der Waals surface area contributed by atoms with Crippen LogP contribution in [0.2, 0.25) is 5.02 Å². The van der Waals surface area contributed by atoms with Gasteiger partial charge in [0.2, 0.25) is 0 Å². The van der Waals surface area contributed by atoms with Crippen molar-refractivity contribution in [1.29, 1.82) is 0 Å². The smallest absolute Gasteiger partial charge is 0.269 e. The predicted octanol–water partition coefficient (Wildman–Crippen LogP) is 2.14. The van der Waals surface area contributed by atoms with E-state index in [1.165, 1.54) is 0 Å². The normalized spacial score (nSPS) is 10.2. The molecule has 0 aliphatic heterocycles. The molecular weight excluding hydrogens is 240 g/mol. The molecule has 0 aromatic heterocycles. The average Bonchev–Trinajstić information content (AvgIpc) is 2.31. The molecule has 1 amide bonds. The second-order valence-corrected chi connectivity index (χ2v) is 4.18. The summed E-state index contributed by atoms with van der Waals surface area (Å²) >= 11 is 6.21. The van der Waals surface area contributed by atoms with E-state index in [2.05, 4.69) is 10.9 Å². The molecule has 94 valence electrons. The molecule has 1 aromatic rings. The van der Waals surface area contributed by atoms with Crippen molar-refractivity contribution < 1.29 is 9.53 Å². The Kier molecular flexibility index (Phi) is 4.37. The molecule has 0 atom stereocenters. The highest BCUT2D eigenvalue weighted by molar-refractivity contribution is 6.33. The van der Waals surface area contributed by atoms with Gasteiger partial charge >= 0.3 is 0 Å². The molecule has 5 heteroatoms. The maximum Gasteiger partial charge on any atom is 0.269 e. The fourth-order valence-corrected chi connectivity index (χ4v) is 2.02. The van der Waals surface area contributed by atoms with E-state index in [9.17, 15) is 4.79 Å². The molecule has 0 spiro atoms. The first-order valence-electron chi connectivity index (χ1n) is 5.26. The lowest BCUT2D eigenvalue weighted by atomic mass is 9.98. The number of ether oxygens (including phenoxy) is 1. The molecule has 0 aliphatic carbocycles. The van der Waals surface area contributed by atoms with Gasteiger partial charge in [-0.25, -0.2) is 5.43 Å². The van der Waals surface area contributed by atoms with Crippen molar-refractivity contribution in [3.05, 3.63) is 27.3 Å². The number of nitrogens with one attached hydrogen (secondary N) is 2. The second-order valence-electron chi connectivity index (χ2n) is 3.80. The number of methoxy groups -OCH3 is 1. The van der Waals surface area contributed by atoms with Crippen LogP contribution in [0.3, 0.4) is 0 Å². The van der Waals surface area contributed by atoms with Crippen LogP contribution in [0.4, 0.5) is 0 Å². The lowest BCUT2D eigenvalue weighted by molar-refractivity contribution is 0.0934. The van der Waals surface area contributed by atoms with E-state index in [0.717, 1.165) is 16.7 Å². The van der Waals surface area contributed by atoms with Crippen molar-refractivity contribution in [3.63, 3.8) is 0 Å². The molecule has 0 fully saturated rings. The molecule has 4 nitrogen and oxygen atoms in total. The number of benzene rings is 1. The molecular formula is C12H17ClN2O2. The van der Waals surface area contributed by atoms with E-state index in [-0.39, 0.29) is 5.91 Å². The van der Waals surface area contributed by atoms with Crippen LogP contribution in [0.25, 0.3) is 0 Å². The van der Waals surface area contributed by atoms with Crippen LogP contribution in [0.5, 0.6) is 5.75 Å². The third kappa shape index (κ3) is 2.37. The van der Waals surface area contributed by atoms with Crippen LogP contribution in [0, 0.1) is 20.8 Å². The van der Waals surface area contributed by atoms with Crippen molar-refractivity contribution in [3.8, 4) is 5.75 Å². The molecule has 1 aromatic carbocycles. The summed E-state index contributed by atoms with van der Waals surface area (Å²) in [7, 11) is 3.17. The van der Waals surface area contributed by atoms with Gasteiger partial charge in [-0.1, -0.05) is 11.6 Å². The Morgan fingerprint density at radius 3 is 2.24 bits per heavy atom. The number of carbonyl (C=O) groups excluding carboxylic acids is 1. The molecule has 0 bridgehead atoms. The van der Waals surface area contributed by atoms with Gasteiger partial charge in [-0.15, -0.1) is 0 Å². The number of hydrogen-bond acceptors (Lipinski definition) is 3. The summed E-state index contributed by atoms with van der Waals surface area (Å²) in [5.74, 6) is 0.309. The van der Waals surface area contributed by atoms with Gasteiger partial charge in [-0.2, -0.15) is 0 Å². The maximum atomic E-state index is 11.9. The Hall–Kier alpha value is -1.26. The lowest BCUT2D eigenvalue weighted by Gasteiger charge is -2.17. The Bertz CT molecular complexity index is 459. The van der Waals surface area contributed by atoms with Crippen LogP contribution in [0.1, 0.15) is 27.0 Å². The highest BCUT2D eigenvalue weighted by Crippen LogP contribution is 2.35. The van der Waals surface area contributed by atoms with Gasteiger partial charge in [-0.3, -0.25) is 10.2 Å². The van der Waals surface area contributed by atoms with Crippen molar-refractivity contribution in [1.82, 2.24) is 10.9 Å². The summed E-state index contributed by atoms with van der Waals surface area (Å²) in [5.41, 5.74) is 8.12. The Morgan fingerprint density at radius 2 is 1.76 bits per heavy atom. The second kappa shape index (κ2) is 5.38. The first-order valence-corrected chi connectivity index (χ1v) is 5.63. The number of amides is 1. The molecule has 0 aliphatic rings. The highest BCUT2D eigenvalue weighted by atomic mass is 35.5. The fourth-order valence-electron chi connectivity index (χ4n) is 1.79. The van der Waals surface area contributed by atoms with Crippen molar-refractivity contribution >= 4 is 17.5 Å². The Balaban J connectivity index is 3.52. The minimum atomic E-state index is -0.258. The van der Waals surface area contributed by atoms with Crippen LogP contribution < -0.4 is 15.6 Å². The van der Waals surface area contributed by atoms with E-state index in [4.69, 9.17) is 16.3 Å². The summed E-state index contributed by atoms with van der Waals surface area (Å²) in [6.45, 7) is 5.60. The third-order valence-corrected chi connectivity index (χ3v) is 3.40. The minimum Gasteiger partial charge on any atom is -0.496 e. The number of hydrogen-bond donors (Lipinski definition) is 2. The summed E-state index contributed by atoms with van der Waals surface area (Å²) < 4.78 is 5.31. The molecule has 0 heterocycles. The van der Waals surface area contributed by atoms with E-state index in [1.807, 2.05) is 20.8 Å². The average molecular weight is 257 g/mol. The molecule has 17 heavy (non-hydrogen) atoms. The van der Waals surface area contributed by atoms with E-state index in [1.54, 1.807) is 14.2 Å². The zero-order valence-electron chi connectivity index (χ0n) is 10.7. The van der Waals surface area contributed by atoms with Gasteiger partial charge in [0.1, 0.15) is 5.75 Å². The van der Waals surface area contributed by atoms with Crippen LogP contribution in [-0.2, 0) is 0 Å². The largest absolute Gasteiger partial charge is 0.496 e. The van der Waals surface area contributed by atoms with Crippen molar-refractivity contribution in [2.75, 3.05) is 14.2 Å². The maximum absolute atomic E-state index is 11.9. The summed E-state index contributed by atoms with van der Waals surface area (Å²) in [4.78, 5) is 11.9. The zero-order chi connectivity index (χ0) is 13.2. The zero-order valence-corrected chi connectivity index (χ0v) is 11.5. The monoisotopic (exact) mass is 256 g/mol. The molecule has 2 N–H and O–H groups in total. The molecule has 0 saturated heterocycles. The first kappa shape index (κ1) is 13.8. The third-order valence-electron chi connectivity index (χ3n) is 2.83. The van der Waals surface area contributed by atoms with Gasteiger partial charge in [0, 0.05) is 12.1 Å². The highest BCUT2D eigenvalue weighted by Gasteiger charge is 2.21. The van der Waals surface area contributed by atoms with E-state index >= 15 is 0 Å². The number of halogens is 1. The molecule has 0 unspecified atom stereocenters. The van der Waals surface area contributed by atoms with Crippen molar-refractivity contribution in [2.24, 2.45) is 0 Å². The SMILES string of the molecule is CNNC(=O)c1c(C)c(Cl)c(C)c(C)c1OC. The van der Waals surface area contributed by atoms with Crippen molar-refractivity contribution in [2.45, 2.75) is 20.8 Å². The number of carbonyl (C=O) groups is 1. The molecule has 1 rings (SSSR count). The first-order chi connectivity index (χ1) is 7.95. The van der Waals surface area contributed by atoms with Gasteiger partial charge < -0.3 is 4.74 Å². The minimum absolute atomic E-state index is 0.258. The summed E-state index contributed by atoms with van der Waals surface area (Å²) in [6, 6.07) is 0. The van der Waals surface area contributed by atoms with Crippen LogP contribution in [-0.4, -0.2) is 20.1 Å². The number of hydrazine groups is 1. The lowest BCUT2D eigenvalue weighted by Crippen LogP contribution is -2.35. The van der Waals surface area contributed by atoms with Gasteiger partial charge in [-0.05, 0) is 37.5 Å². The van der Waals surface area contributed by atoms with E-state index < -0.39 is 0 Å². The van der Waals surface area contributed by atoms with E-state index in [0.29, 0.717) is 16.3 Å². The Labute approximate surface area is 106 Å². The quantitative estimate of drug-likeness (QED) is 0.815. The van der Waals surface area contributed by atoms with Gasteiger partial charge in [0.15, 0.2) is 0 Å². The summed E-state index contributed by atoms with van der Waals surface area (Å²) in [6.07, 6.45) is 0. The number of rotatable bonds is 3. The van der Waals surface area contributed by atoms with Gasteiger partial charge in [0.05, 0.1) is 12.7 Å².